The molecule has 0 aromatic heterocycles. The number of benzene rings is 1. The Morgan fingerprint density at radius 3 is 2.72 bits per heavy atom. The SMILES string of the molecule is COc1ccc(C(O)CC2CC(C)CCN2)cc1. The summed E-state index contributed by atoms with van der Waals surface area (Å²) in [5, 5.41) is 13.7. The van der Waals surface area contributed by atoms with Crippen molar-refractivity contribution < 1.29 is 9.84 Å². The highest BCUT2D eigenvalue weighted by molar-refractivity contribution is 5.28. The van der Waals surface area contributed by atoms with Crippen LogP contribution in [-0.2, 0) is 0 Å². The Morgan fingerprint density at radius 2 is 2.11 bits per heavy atom. The third-order valence-corrected chi connectivity index (χ3v) is 3.77. The zero-order valence-corrected chi connectivity index (χ0v) is 11.2. The number of ether oxygens (including phenoxy) is 1. The number of nitrogens with one attached hydrogen (secondary N) is 1. The molecule has 18 heavy (non-hydrogen) atoms. The number of hydrogen-bond donors (Lipinski definition) is 2. The molecule has 1 aromatic carbocycles. The molecule has 1 saturated heterocycles. The Balaban J connectivity index is 1.91. The van der Waals surface area contributed by atoms with Gasteiger partial charge >= 0.3 is 0 Å². The summed E-state index contributed by atoms with van der Waals surface area (Å²) in [6.45, 7) is 3.36. The Kier molecular flexibility index (Phi) is 4.61. The highest BCUT2D eigenvalue weighted by Gasteiger charge is 2.21. The van der Waals surface area contributed by atoms with Crippen molar-refractivity contribution in [3.05, 3.63) is 29.8 Å². The van der Waals surface area contributed by atoms with E-state index in [0.29, 0.717) is 6.04 Å². The highest BCUT2D eigenvalue weighted by atomic mass is 16.5. The largest absolute Gasteiger partial charge is 0.497 e. The molecule has 1 aromatic rings. The van der Waals surface area contributed by atoms with Crippen LogP contribution >= 0.6 is 0 Å². The Bertz CT molecular complexity index is 363. The van der Waals surface area contributed by atoms with Crippen LogP contribution in [0.2, 0.25) is 0 Å². The number of hydrogen-bond acceptors (Lipinski definition) is 3. The first-order valence-corrected chi connectivity index (χ1v) is 6.74. The third kappa shape index (κ3) is 3.47. The van der Waals surface area contributed by atoms with Crippen LogP contribution in [0.3, 0.4) is 0 Å². The molecule has 0 spiro atoms. The molecule has 1 fully saturated rings. The molecule has 0 saturated carbocycles. The van der Waals surface area contributed by atoms with Crippen molar-refractivity contribution in [1.29, 1.82) is 0 Å². The predicted octanol–water partition coefficient (Wildman–Crippen LogP) is 2.51. The highest BCUT2D eigenvalue weighted by Crippen LogP contribution is 2.25. The van der Waals surface area contributed by atoms with Gasteiger partial charge in [0.25, 0.3) is 0 Å². The fourth-order valence-electron chi connectivity index (χ4n) is 2.63. The van der Waals surface area contributed by atoms with Crippen LogP contribution in [0.1, 0.15) is 37.9 Å². The molecule has 0 aliphatic carbocycles. The molecule has 100 valence electrons. The summed E-state index contributed by atoms with van der Waals surface area (Å²) in [5.74, 6) is 1.59. The number of methoxy groups -OCH3 is 1. The van der Waals surface area contributed by atoms with Crippen molar-refractivity contribution in [3.63, 3.8) is 0 Å². The van der Waals surface area contributed by atoms with Gasteiger partial charge in [0.2, 0.25) is 0 Å². The molecule has 3 heteroatoms. The molecule has 2 N–H and O–H groups in total. The van der Waals surface area contributed by atoms with E-state index in [1.165, 1.54) is 6.42 Å². The van der Waals surface area contributed by atoms with E-state index in [1.54, 1.807) is 7.11 Å². The van der Waals surface area contributed by atoms with Gasteiger partial charge < -0.3 is 15.2 Å². The van der Waals surface area contributed by atoms with Crippen molar-refractivity contribution in [2.45, 2.75) is 38.3 Å². The van der Waals surface area contributed by atoms with Crippen LogP contribution in [-0.4, -0.2) is 24.8 Å². The third-order valence-electron chi connectivity index (χ3n) is 3.77. The number of rotatable bonds is 4. The molecule has 0 amide bonds. The second-order valence-electron chi connectivity index (χ2n) is 5.31. The molecular weight excluding hydrogens is 226 g/mol. The monoisotopic (exact) mass is 249 g/mol. The first-order valence-electron chi connectivity index (χ1n) is 6.74. The van der Waals surface area contributed by atoms with E-state index in [1.807, 2.05) is 24.3 Å². The van der Waals surface area contributed by atoms with Crippen LogP contribution in [0, 0.1) is 5.92 Å². The topological polar surface area (TPSA) is 41.5 Å². The van der Waals surface area contributed by atoms with E-state index in [9.17, 15) is 5.11 Å². The van der Waals surface area contributed by atoms with Gasteiger partial charge in [-0.1, -0.05) is 19.1 Å². The van der Waals surface area contributed by atoms with Crippen LogP contribution in [0.5, 0.6) is 5.75 Å². The number of aliphatic hydroxyl groups is 1. The zero-order valence-electron chi connectivity index (χ0n) is 11.2. The van der Waals surface area contributed by atoms with Crippen LogP contribution < -0.4 is 10.1 Å². The van der Waals surface area contributed by atoms with Crippen molar-refractivity contribution in [2.24, 2.45) is 5.92 Å². The fourth-order valence-corrected chi connectivity index (χ4v) is 2.63. The fraction of sp³-hybridized carbons (Fsp3) is 0.600. The van der Waals surface area contributed by atoms with Gasteiger partial charge in [0, 0.05) is 6.04 Å². The smallest absolute Gasteiger partial charge is 0.118 e. The van der Waals surface area contributed by atoms with Gasteiger partial charge in [0.15, 0.2) is 0 Å². The maximum Gasteiger partial charge on any atom is 0.118 e. The molecule has 2 rings (SSSR count). The van der Waals surface area contributed by atoms with Gasteiger partial charge in [-0.05, 0) is 49.4 Å². The van der Waals surface area contributed by atoms with Gasteiger partial charge in [-0.15, -0.1) is 0 Å². The maximum absolute atomic E-state index is 10.2. The number of aliphatic hydroxyl groups excluding tert-OH is 1. The predicted molar refractivity (Wildman–Crippen MR) is 72.8 cm³/mol. The van der Waals surface area contributed by atoms with E-state index in [-0.39, 0.29) is 0 Å². The molecule has 3 atom stereocenters. The minimum absolute atomic E-state index is 0.390. The van der Waals surface area contributed by atoms with E-state index < -0.39 is 6.10 Å². The zero-order chi connectivity index (χ0) is 13.0. The summed E-state index contributed by atoms with van der Waals surface area (Å²) in [5.41, 5.74) is 0.968. The van der Waals surface area contributed by atoms with Crippen molar-refractivity contribution in [1.82, 2.24) is 5.32 Å². The van der Waals surface area contributed by atoms with Crippen molar-refractivity contribution in [2.75, 3.05) is 13.7 Å². The first kappa shape index (κ1) is 13.4. The Morgan fingerprint density at radius 1 is 1.39 bits per heavy atom. The van der Waals surface area contributed by atoms with Crippen molar-refractivity contribution >= 4 is 0 Å². The molecular formula is C15H23NO2. The molecule has 1 aliphatic rings. The minimum Gasteiger partial charge on any atom is -0.497 e. The lowest BCUT2D eigenvalue weighted by Crippen LogP contribution is -2.38. The Labute approximate surface area is 109 Å². The van der Waals surface area contributed by atoms with Gasteiger partial charge in [0.05, 0.1) is 13.2 Å². The minimum atomic E-state index is -0.390. The molecule has 1 aliphatic heterocycles. The van der Waals surface area contributed by atoms with Gasteiger partial charge in [-0.25, -0.2) is 0 Å². The second-order valence-corrected chi connectivity index (χ2v) is 5.31. The summed E-state index contributed by atoms with van der Waals surface area (Å²) in [6.07, 6.45) is 2.80. The van der Waals surface area contributed by atoms with Gasteiger partial charge in [-0.2, -0.15) is 0 Å². The van der Waals surface area contributed by atoms with Crippen molar-refractivity contribution in [3.8, 4) is 5.75 Å². The van der Waals surface area contributed by atoms with Gasteiger partial charge in [-0.3, -0.25) is 0 Å². The van der Waals surface area contributed by atoms with E-state index in [4.69, 9.17) is 4.74 Å². The molecule has 0 radical (unpaired) electrons. The maximum atomic E-state index is 10.2. The first-order chi connectivity index (χ1) is 8.69. The van der Waals surface area contributed by atoms with Crippen LogP contribution in [0.25, 0.3) is 0 Å². The molecule has 3 unspecified atom stereocenters. The van der Waals surface area contributed by atoms with E-state index >= 15 is 0 Å². The summed E-state index contributed by atoms with van der Waals surface area (Å²) in [4.78, 5) is 0. The Hall–Kier alpha value is -1.06. The standard InChI is InChI=1S/C15H23NO2/c1-11-7-8-16-13(9-11)10-15(17)12-3-5-14(18-2)6-4-12/h3-6,11,13,15-17H,7-10H2,1-2H3. The lowest BCUT2D eigenvalue weighted by Gasteiger charge is -2.29. The number of piperidine rings is 1. The van der Waals surface area contributed by atoms with Crippen LogP contribution in [0.15, 0.2) is 24.3 Å². The molecule has 0 bridgehead atoms. The lowest BCUT2D eigenvalue weighted by atomic mass is 9.90. The summed E-state index contributed by atoms with van der Waals surface area (Å²) in [6, 6.07) is 8.11. The quantitative estimate of drug-likeness (QED) is 0.861. The van der Waals surface area contributed by atoms with Crippen LogP contribution in [0.4, 0.5) is 0 Å². The van der Waals surface area contributed by atoms with E-state index in [2.05, 4.69) is 12.2 Å². The average Bonchev–Trinajstić information content (AvgIpc) is 2.39. The molecule has 1 heterocycles. The lowest BCUT2D eigenvalue weighted by molar-refractivity contribution is 0.138. The average molecular weight is 249 g/mol. The normalized spacial score (nSPS) is 25.7. The second kappa shape index (κ2) is 6.21. The summed E-state index contributed by atoms with van der Waals surface area (Å²) in [7, 11) is 1.65. The summed E-state index contributed by atoms with van der Waals surface area (Å²) >= 11 is 0. The van der Waals surface area contributed by atoms with Gasteiger partial charge in [0.1, 0.15) is 5.75 Å². The molecule has 3 nitrogen and oxygen atoms in total. The van der Waals surface area contributed by atoms with E-state index in [0.717, 1.165) is 36.6 Å². The summed E-state index contributed by atoms with van der Waals surface area (Å²) < 4.78 is 5.12.